The van der Waals surface area contributed by atoms with Crippen molar-refractivity contribution in [2.45, 2.75) is 52.4 Å². The van der Waals surface area contributed by atoms with Gasteiger partial charge >= 0.3 is 0 Å². The number of unbranched alkanes of at least 4 members (excludes halogenated alkanes) is 1. The van der Waals surface area contributed by atoms with Gasteiger partial charge in [-0.25, -0.2) is 0 Å². The number of aromatic nitrogens is 1. The molecule has 2 aromatic carbocycles. The standard InChI is InChI=1S/C26H31NO/c1-3-5-19-28-25-16-14-24(15-17-25)26-18-13-23(20-27-26)12-11-22-9-7-21(6-4-2)8-10-22/h7-10,13-18,20H,3-6,11-12,19H2,1-2H3. The largest absolute Gasteiger partial charge is 0.494 e. The smallest absolute Gasteiger partial charge is 0.119 e. The first-order valence-corrected chi connectivity index (χ1v) is 10.5. The molecule has 0 bridgehead atoms. The molecule has 0 amide bonds. The average molecular weight is 374 g/mol. The number of pyridine rings is 1. The second-order valence-corrected chi connectivity index (χ2v) is 7.34. The highest BCUT2D eigenvalue weighted by Gasteiger charge is 2.02. The molecule has 0 fully saturated rings. The van der Waals surface area contributed by atoms with E-state index in [2.05, 4.69) is 67.4 Å². The van der Waals surface area contributed by atoms with Gasteiger partial charge in [-0.05, 0) is 72.7 Å². The first-order valence-electron chi connectivity index (χ1n) is 10.5. The number of hydrogen-bond donors (Lipinski definition) is 0. The minimum Gasteiger partial charge on any atom is -0.494 e. The zero-order valence-corrected chi connectivity index (χ0v) is 17.2. The minimum absolute atomic E-state index is 0.782. The van der Waals surface area contributed by atoms with Crippen LogP contribution in [0.1, 0.15) is 49.8 Å². The Bertz CT molecular complexity index is 820. The zero-order valence-electron chi connectivity index (χ0n) is 17.2. The highest BCUT2D eigenvalue weighted by atomic mass is 16.5. The van der Waals surface area contributed by atoms with E-state index in [1.807, 2.05) is 18.3 Å². The molecule has 3 aromatic rings. The Morgan fingerprint density at radius 1 is 0.679 bits per heavy atom. The van der Waals surface area contributed by atoms with Crippen LogP contribution in [0.15, 0.2) is 66.9 Å². The van der Waals surface area contributed by atoms with E-state index in [-0.39, 0.29) is 0 Å². The fourth-order valence-electron chi connectivity index (χ4n) is 3.25. The van der Waals surface area contributed by atoms with Gasteiger partial charge in [-0.3, -0.25) is 4.98 Å². The van der Waals surface area contributed by atoms with E-state index in [9.17, 15) is 0 Å². The quantitative estimate of drug-likeness (QED) is 0.370. The normalized spacial score (nSPS) is 10.8. The summed E-state index contributed by atoms with van der Waals surface area (Å²) in [5.74, 6) is 0.929. The molecule has 0 N–H and O–H groups in total. The van der Waals surface area contributed by atoms with Gasteiger partial charge in [0.15, 0.2) is 0 Å². The third kappa shape index (κ3) is 5.95. The molecule has 2 heteroatoms. The second kappa shape index (κ2) is 10.7. The van der Waals surface area contributed by atoms with Crippen molar-refractivity contribution in [3.8, 4) is 17.0 Å². The van der Waals surface area contributed by atoms with Gasteiger partial charge in [0.05, 0.1) is 12.3 Å². The van der Waals surface area contributed by atoms with E-state index in [0.717, 1.165) is 55.7 Å². The molecule has 0 aliphatic carbocycles. The first kappa shape index (κ1) is 20.1. The van der Waals surface area contributed by atoms with Crippen molar-refractivity contribution in [2.75, 3.05) is 6.61 Å². The van der Waals surface area contributed by atoms with Crippen LogP contribution in [0.2, 0.25) is 0 Å². The number of aryl methyl sites for hydroxylation is 3. The van der Waals surface area contributed by atoms with Gasteiger partial charge in [0.25, 0.3) is 0 Å². The molecule has 0 atom stereocenters. The molecule has 28 heavy (non-hydrogen) atoms. The summed E-state index contributed by atoms with van der Waals surface area (Å²) in [6.07, 6.45) is 8.68. The Morgan fingerprint density at radius 2 is 1.32 bits per heavy atom. The number of nitrogens with zero attached hydrogens (tertiary/aromatic N) is 1. The summed E-state index contributed by atoms with van der Waals surface area (Å²) in [5, 5.41) is 0. The third-order valence-corrected chi connectivity index (χ3v) is 5.01. The summed E-state index contributed by atoms with van der Waals surface area (Å²) in [6.45, 7) is 5.18. The zero-order chi connectivity index (χ0) is 19.6. The molecule has 0 saturated carbocycles. The Labute approximate surface area is 169 Å². The van der Waals surface area contributed by atoms with Crippen LogP contribution in [0, 0.1) is 0 Å². The maximum absolute atomic E-state index is 5.73. The summed E-state index contributed by atoms with van der Waals surface area (Å²) in [5.41, 5.74) is 6.23. The Morgan fingerprint density at radius 3 is 1.93 bits per heavy atom. The minimum atomic E-state index is 0.782. The van der Waals surface area contributed by atoms with E-state index >= 15 is 0 Å². The van der Waals surface area contributed by atoms with E-state index in [1.54, 1.807) is 0 Å². The van der Waals surface area contributed by atoms with Gasteiger partial charge in [0.2, 0.25) is 0 Å². The average Bonchev–Trinajstić information content (AvgIpc) is 2.75. The fraction of sp³-hybridized carbons (Fsp3) is 0.346. The lowest BCUT2D eigenvalue weighted by Crippen LogP contribution is -1.96. The molecule has 0 unspecified atom stereocenters. The highest BCUT2D eigenvalue weighted by Crippen LogP contribution is 2.21. The molecule has 1 heterocycles. The summed E-state index contributed by atoms with van der Waals surface area (Å²) in [4.78, 5) is 4.66. The third-order valence-electron chi connectivity index (χ3n) is 5.01. The summed E-state index contributed by atoms with van der Waals surface area (Å²) in [7, 11) is 0. The number of benzene rings is 2. The molecule has 0 spiro atoms. The SMILES string of the molecule is CCCCOc1ccc(-c2ccc(CCc3ccc(CCC)cc3)cn2)cc1. The van der Waals surface area contributed by atoms with Crippen LogP contribution in [-0.4, -0.2) is 11.6 Å². The summed E-state index contributed by atoms with van der Waals surface area (Å²) < 4.78 is 5.73. The van der Waals surface area contributed by atoms with Crippen LogP contribution < -0.4 is 4.74 Å². The van der Waals surface area contributed by atoms with Gasteiger partial charge in [-0.1, -0.05) is 57.0 Å². The summed E-state index contributed by atoms with van der Waals surface area (Å²) >= 11 is 0. The fourth-order valence-corrected chi connectivity index (χ4v) is 3.25. The monoisotopic (exact) mass is 373 g/mol. The van der Waals surface area contributed by atoms with Gasteiger partial charge < -0.3 is 4.74 Å². The predicted molar refractivity (Wildman–Crippen MR) is 118 cm³/mol. The molecule has 0 radical (unpaired) electrons. The molecule has 1 aromatic heterocycles. The predicted octanol–water partition coefficient (Wildman–Crippen LogP) is 6.67. The number of ether oxygens (including phenoxy) is 1. The van der Waals surface area contributed by atoms with E-state index in [0.29, 0.717) is 0 Å². The van der Waals surface area contributed by atoms with Crippen LogP contribution in [0.5, 0.6) is 5.75 Å². The lowest BCUT2D eigenvalue weighted by molar-refractivity contribution is 0.309. The van der Waals surface area contributed by atoms with Crippen LogP contribution in [0.4, 0.5) is 0 Å². The van der Waals surface area contributed by atoms with Crippen molar-refractivity contribution in [1.29, 1.82) is 0 Å². The lowest BCUT2D eigenvalue weighted by atomic mass is 10.0. The van der Waals surface area contributed by atoms with Gasteiger partial charge in [0.1, 0.15) is 5.75 Å². The lowest BCUT2D eigenvalue weighted by Gasteiger charge is -2.07. The Kier molecular flexibility index (Phi) is 7.66. The summed E-state index contributed by atoms with van der Waals surface area (Å²) in [6, 6.07) is 21.6. The molecule has 0 aliphatic rings. The van der Waals surface area contributed by atoms with Crippen molar-refractivity contribution in [2.24, 2.45) is 0 Å². The highest BCUT2D eigenvalue weighted by molar-refractivity contribution is 5.60. The van der Waals surface area contributed by atoms with Crippen molar-refractivity contribution in [1.82, 2.24) is 4.98 Å². The van der Waals surface area contributed by atoms with Crippen LogP contribution >= 0.6 is 0 Å². The van der Waals surface area contributed by atoms with Crippen molar-refractivity contribution >= 4 is 0 Å². The topological polar surface area (TPSA) is 22.1 Å². The van der Waals surface area contributed by atoms with Crippen molar-refractivity contribution in [3.05, 3.63) is 83.6 Å². The van der Waals surface area contributed by atoms with Crippen LogP contribution in [0.3, 0.4) is 0 Å². The van der Waals surface area contributed by atoms with Crippen LogP contribution in [-0.2, 0) is 19.3 Å². The molecule has 0 saturated heterocycles. The van der Waals surface area contributed by atoms with Crippen LogP contribution in [0.25, 0.3) is 11.3 Å². The van der Waals surface area contributed by atoms with Crippen molar-refractivity contribution in [3.63, 3.8) is 0 Å². The Balaban J connectivity index is 1.54. The molecule has 146 valence electrons. The maximum atomic E-state index is 5.73. The van der Waals surface area contributed by atoms with E-state index < -0.39 is 0 Å². The second-order valence-electron chi connectivity index (χ2n) is 7.34. The van der Waals surface area contributed by atoms with Gasteiger partial charge in [0, 0.05) is 11.8 Å². The van der Waals surface area contributed by atoms with E-state index in [4.69, 9.17) is 4.74 Å². The molecular formula is C26H31NO. The maximum Gasteiger partial charge on any atom is 0.119 e. The van der Waals surface area contributed by atoms with Gasteiger partial charge in [-0.15, -0.1) is 0 Å². The molecule has 3 rings (SSSR count). The first-order chi connectivity index (χ1) is 13.8. The number of hydrogen-bond acceptors (Lipinski definition) is 2. The molecule has 2 nitrogen and oxygen atoms in total. The van der Waals surface area contributed by atoms with Crippen molar-refractivity contribution < 1.29 is 4.74 Å². The number of rotatable bonds is 10. The molecule has 0 aliphatic heterocycles. The van der Waals surface area contributed by atoms with E-state index in [1.165, 1.54) is 23.1 Å². The molecular weight excluding hydrogens is 342 g/mol. The van der Waals surface area contributed by atoms with Gasteiger partial charge in [-0.2, -0.15) is 0 Å². The Hall–Kier alpha value is -2.61.